The zero-order valence-corrected chi connectivity index (χ0v) is 17.1. The van der Waals surface area contributed by atoms with E-state index in [4.69, 9.17) is 9.47 Å². The highest BCUT2D eigenvalue weighted by Crippen LogP contribution is 2.34. The average molecular weight is 419 g/mol. The van der Waals surface area contributed by atoms with Gasteiger partial charge in [-0.25, -0.2) is 5.01 Å². The van der Waals surface area contributed by atoms with E-state index in [-0.39, 0.29) is 12.3 Å². The molecule has 3 aromatic carbocycles. The molecule has 1 atom stereocenters. The molecule has 7 nitrogen and oxygen atoms in total. The van der Waals surface area contributed by atoms with Crippen LogP contribution in [0.2, 0.25) is 0 Å². The van der Waals surface area contributed by atoms with E-state index in [2.05, 4.69) is 22.6 Å². The number of nitrogens with zero attached hydrogens (tertiary/aromatic N) is 2. The molecule has 4 rings (SSSR count). The van der Waals surface area contributed by atoms with E-state index in [9.17, 15) is 10.1 Å². The molecule has 1 saturated heterocycles. The molecule has 3 aromatic rings. The summed E-state index contributed by atoms with van der Waals surface area (Å²) >= 11 is 0. The minimum atomic E-state index is -0.792. The lowest BCUT2D eigenvalue weighted by Crippen LogP contribution is -2.54. The molecule has 0 radical (unpaired) electrons. The van der Waals surface area contributed by atoms with Crippen molar-refractivity contribution in [1.82, 2.24) is 10.4 Å². The van der Waals surface area contributed by atoms with Gasteiger partial charge in [-0.1, -0.05) is 60.7 Å². The second-order valence-corrected chi connectivity index (χ2v) is 7.33. The van der Waals surface area contributed by atoms with Gasteiger partial charge in [-0.15, -0.1) is 0 Å². The van der Waals surface area contributed by atoms with Crippen LogP contribution in [0.25, 0.3) is 0 Å². The first-order chi connectivity index (χ1) is 15.2. The fourth-order valence-electron chi connectivity index (χ4n) is 3.74. The number of hydrogen-bond donors (Lipinski definition) is 1. The molecule has 0 spiro atoms. The summed E-state index contributed by atoms with van der Waals surface area (Å²) in [5, 5.41) is 13.0. The molecule has 0 aliphatic carbocycles. The third-order valence-corrected chi connectivity index (χ3v) is 5.36. The number of nitro benzene ring substituents is 1. The second kappa shape index (κ2) is 9.70. The number of benzene rings is 3. The smallest absolute Gasteiger partial charge is 0.269 e. The first-order valence-electron chi connectivity index (χ1n) is 10.3. The monoisotopic (exact) mass is 419 g/mol. The Bertz CT molecular complexity index is 983. The molecule has 1 aliphatic rings. The Morgan fingerprint density at radius 3 is 2.35 bits per heavy atom. The molecule has 1 N–H and O–H groups in total. The maximum atomic E-state index is 10.9. The van der Waals surface area contributed by atoms with Crippen molar-refractivity contribution in [2.45, 2.75) is 12.1 Å². The average Bonchev–Trinajstić information content (AvgIpc) is 3.23. The van der Waals surface area contributed by atoms with Crippen LogP contribution in [-0.4, -0.2) is 36.2 Å². The van der Waals surface area contributed by atoms with Crippen molar-refractivity contribution in [3.05, 3.63) is 106 Å². The fourth-order valence-corrected chi connectivity index (χ4v) is 3.74. The normalized spacial score (nSPS) is 18.7. The van der Waals surface area contributed by atoms with Gasteiger partial charge in [0.1, 0.15) is 12.4 Å². The number of nitrogens with one attached hydrogen (secondary N) is 1. The molecule has 7 heteroatoms. The third kappa shape index (κ3) is 4.91. The Hall–Kier alpha value is -3.26. The summed E-state index contributed by atoms with van der Waals surface area (Å²) in [4.78, 5) is 10.5. The Morgan fingerprint density at radius 2 is 1.68 bits per heavy atom. The van der Waals surface area contributed by atoms with Crippen LogP contribution in [0.5, 0.6) is 5.75 Å². The Balaban J connectivity index is 1.49. The number of rotatable bonds is 9. The number of hydrogen-bond acceptors (Lipinski definition) is 6. The third-order valence-electron chi connectivity index (χ3n) is 5.36. The topological polar surface area (TPSA) is 76.9 Å². The molecule has 1 aliphatic heterocycles. The van der Waals surface area contributed by atoms with Crippen LogP contribution in [0.3, 0.4) is 0 Å². The summed E-state index contributed by atoms with van der Waals surface area (Å²) in [5.74, 6) is 0.556. The summed E-state index contributed by atoms with van der Waals surface area (Å²) in [6.07, 6.45) is 0.894. The van der Waals surface area contributed by atoms with E-state index in [1.165, 1.54) is 17.7 Å². The van der Waals surface area contributed by atoms with Crippen molar-refractivity contribution in [2.75, 3.05) is 26.3 Å². The second-order valence-electron chi connectivity index (χ2n) is 7.33. The van der Waals surface area contributed by atoms with Crippen molar-refractivity contribution in [2.24, 2.45) is 0 Å². The molecule has 1 heterocycles. The van der Waals surface area contributed by atoms with E-state index in [0.717, 1.165) is 18.5 Å². The molecule has 0 amide bonds. The predicted molar refractivity (Wildman–Crippen MR) is 118 cm³/mol. The van der Waals surface area contributed by atoms with Gasteiger partial charge in [0.15, 0.2) is 5.72 Å². The Morgan fingerprint density at radius 1 is 1.00 bits per heavy atom. The molecule has 1 fully saturated rings. The molecular formula is C24H25N3O4. The van der Waals surface area contributed by atoms with E-state index in [1.807, 2.05) is 48.5 Å². The standard InChI is InChI=1S/C24H25N3O4/c28-27(29)22-11-13-23(14-12-22)30-19-24(21-9-5-2-6-10-21)26(17-18-31-24)25-16-15-20-7-3-1-4-8-20/h1-14,25H,15-19H2/t24-/m1/s1. The van der Waals surface area contributed by atoms with Crippen molar-refractivity contribution >= 4 is 5.69 Å². The number of non-ortho nitro benzene ring substituents is 1. The minimum absolute atomic E-state index is 0.0337. The van der Waals surface area contributed by atoms with Crippen molar-refractivity contribution < 1.29 is 14.4 Å². The van der Waals surface area contributed by atoms with Crippen LogP contribution in [0.4, 0.5) is 5.69 Å². The quantitative estimate of drug-likeness (QED) is 0.419. The van der Waals surface area contributed by atoms with Gasteiger partial charge in [0, 0.05) is 30.8 Å². The number of hydrazine groups is 1. The lowest BCUT2D eigenvalue weighted by atomic mass is 10.0. The summed E-state index contributed by atoms with van der Waals surface area (Å²) < 4.78 is 12.3. The van der Waals surface area contributed by atoms with Crippen molar-refractivity contribution in [1.29, 1.82) is 0 Å². The first kappa shape index (κ1) is 21.0. The van der Waals surface area contributed by atoms with Gasteiger partial charge in [-0.2, -0.15) is 0 Å². The van der Waals surface area contributed by atoms with Crippen molar-refractivity contribution in [3.8, 4) is 5.75 Å². The van der Waals surface area contributed by atoms with Gasteiger partial charge in [-0.3, -0.25) is 15.5 Å². The van der Waals surface area contributed by atoms with Gasteiger partial charge in [0.2, 0.25) is 0 Å². The number of ether oxygens (including phenoxy) is 2. The number of nitro groups is 1. The molecular weight excluding hydrogens is 394 g/mol. The maximum absolute atomic E-state index is 10.9. The van der Waals surface area contributed by atoms with Crippen LogP contribution in [-0.2, 0) is 16.9 Å². The minimum Gasteiger partial charge on any atom is -0.489 e. The van der Waals surface area contributed by atoms with Gasteiger partial charge in [-0.05, 0) is 24.1 Å². The van der Waals surface area contributed by atoms with E-state index in [1.54, 1.807) is 12.1 Å². The maximum Gasteiger partial charge on any atom is 0.269 e. The van der Waals surface area contributed by atoms with Gasteiger partial charge >= 0.3 is 0 Å². The molecule has 0 saturated carbocycles. The Kier molecular flexibility index (Phi) is 6.57. The molecule has 0 aromatic heterocycles. The predicted octanol–water partition coefficient (Wildman–Crippen LogP) is 3.91. The van der Waals surface area contributed by atoms with Gasteiger partial charge in [0.25, 0.3) is 5.69 Å². The zero-order valence-electron chi connectivity index (χ0n) is 17.1. The van der Waals surface area contributed by atoms with Crippen LogP contribution < -0.4 is 10.2 Å². The molecule has 160 valence electrons. The highest BCUT2D eigenvalue weighted by atomic mass is 16.6. The molecule has 0 bridgehead atoms. The van der Waals surface area contributed by atoms with Crippen LogP contribution >= 0.6 is 0 Å². The molecule has 31 heavy (non-hydrogen) atoms. The SMILES string of the molecule is O=[N+]([O-])c1ccc(OC[C@]2(c3ccccc3)OCCN2NCCc2ccccc2)cc1. The highest BCUT2D eigenvalue weighted by Gasteiger charge is 2.45. The summed E-state index contributed by atoms with van der Waals surface area (Å²) in [5.41, 5.74) is 5.01. The summed E-state index contributed by atoms with van der Waals surface area (Å²) in [6.45, 7) is 2.29. The zero-order chi connectivity index (χ0) is 21.5. The van der Waals surface area contributed by atoms with Crippen LogP contribution in [0.15, 0.2) is 84.9 Å². The lowest BCUT2D eigenvalue weighted by Gasteiger charge is -2.37. The van der Waals surface area contributed by atoms with Gasteiger partial charge in [0.05, 0.1) is 11.5 Å². The van der Waals surface area contributed by atoms with E-state index < -0.39 is 10.6 Å². The summed E-state index contributed by atoms with van der Waals surface area (Å²) in [6, 6.07) is 26.4. The Labute approximate surface area is 181 Å². The molecule has 0 unspecified atom stereocenters. The fraction of sp³-hybridized carbons (Fsp3) is 0.250. The van der Waals surface area contributed by atoms with E-state index >= 15 is 0 Å². The van der Waals surface area contributed by atoms with Gasteiger partial charge < -0.3 is 9.47 Å². The van der Waals surface area contributed by atoms with Crippen LogP contribution in [0.1, 0.15) is 11.1 Å². The van der Waals surface area contributed by atoms with Crippen LogP contribution in [0, 0.1) is 10.1 Å². The highest BCUT2D eigenvalue weighted by molar-refractivity contribution is 5.36. The summed E-state index contributed by atoms with van der Waals surface area (Å²) in [7, 11) is 0. The largest absolute Gasteiger partial charge is 0.489 e. The first-order valence-corrected chi connectivity index (χ1v) is 10.3. The van der Waals surface area contributed by atoms with Crippen molar-refractivity contribution in [3.63, 3.8) is 0 Å². The lowest BCUT2D eigenvalue weighted by molar-refractivity contribution is -0.384. The van der Waals surface area contributed by atoms with E-state index in [0.29, 0.717) is 18.9 Å².